The molecule has 0 fully saturated rings. The molecule has 2 aromatic carbocycles. The molecule has 2 N–H and O–H groups in total. The van der Waals surface area contributed by atoms with Gasteiger partial charge in [0.1, 0.15) is 0 Å². The molecule has 27 heavy (non-hydrogen) atoms. The van der Waals surface area contributed by atoms with Crippen molar-refractivity contribution in [2.75, 3.05) is 52.8 Å². The summed E-state index contributed by atoms with van der Waals surface area (Å²) in [6.07, 6.45) is 0. The normalized spacial score (nSPS) is 11.6. The van der Waals surface area contributed by atoms with Crippen molar-refractivity contribution in [3.63, 3.8) is 0 Å². The quantitative estimate of drug-likeness (QED) is 0.375. The van der Waals surface area contributed by atoms with Crippen molar-refractivity contribution in [2.45, 2.75) is 0 Å². The summed E-state index contributed by atoms with van der Waals surface area (Å²) in [5, 5.41) is 13.3. The third kappa shape index (κ3) is 7.54. The monoisotopic (exact) mass is 393 g/mol. The van der Waals surface area contributed by atoms with Gasteiger partial charge < -0.3 is 19.3 Å². The molecule has 2 aromatic rings. The Labute approximate surface area is 160 Å². The molecule has 2 rings (SSSR count). The third-order valence-corrected chi connectivity index (χ3v) is 6.52. The van der Waals surface area contributed by atoms with Gasteiger partial charge in [-0.25, -0.2) is 0 Å². The molecular weight excluding hydrogens is 365 g/mol. The maximum Gasteiger partial charge on any atom is 0.204 e. The van der Waals surface area contributed by atoms with Gasteiger partial charge in [-0.1, -0.05) is 36.4 Å². The number of ether oxygens (including phenoxy) is 3. The van der Waals surface area contributed by atoms with Crippen molar-refractivity contribution in [3.05, 3.63) is 60.7 Å². The van der Waals surface area contributed by atoms with Crippen molar-refractivity contribution in [1.29, 1.82) is 0 Å². The van der Waals surface area contributed by atoms with Gasteiger partial charge in [0, 0.05) is 17.2 Å². The van der Waals surface area contributed by atoms with Crippen LogP contribution in [0.5, 0.6) is 0 Å². The molecule has 0 amide bonds. The topological polar surface area (TPSA) is 77.0 Å². The van der Waals surface area contributed by atoms with E-state index in [0.717, 1.165) is 10.6 Å². The van der Waals surface area contributed by atoms with E-state index in [4.69, 9.17) is 19.3 Å². The van der Waals surface area contributed by atoms with Crippen LogP contribution in [0.2, 0.25) is 0 Å². The van der Waals surface area contributed by atoms with Crippen LogP contribution in [0.15, 0.2) is 60.7 Å². The van der Waals surface area contributed by atoms with Crippen molar-refractivity contribution < 1.29 is 23.9 Å². The van der Waals surface area contributed by atoms with E-state index in [2.05, 4.69) is 5.09 Å². The summed E-state index contributed by atoms with van der Waals surface area (Å²) in [6, 6.07) is 18.9. The lowest BCUT2D eigenvalue weighted by Gasteiger charge is -2.20. The van der Waals surface area contributed by atoms with E-state index in [1.54, 1.807) is 0 Å². The molecule has 0 unspecified atom stereocenters. The predicted molar refractivity (Wildman–Crippen MR) is 107 cm³/mol. The van der Waals surface area contributed by atoms with Gasteiger partial charge >= 0.3 is 0 Å². The summed E-state index contributed by atoms with van der Waals surface area (Å²) in [4.78, 5) is 0. The molecule has 0 bridgehead atoms. The van der Waals surface area contributed by atoms with Crippen LogP contribution in [0.4, 0.5) is 0 Å². The molecule has 6 nitrogen and oxygen atoms in total. The van der Waals surface area contributed by atoms with Gasteiger partial charge in [-0.05, 0) is 24.3 Å². The van der Waals surface area contributed by atoms with Gasteiger partial charge in [-0.2, -0.15) is 0 Å². The van der Waals surface area contributed by atoms with E-state index in [1.165, 1.54) is 0 Å². The zero-order chi connectivity index (χ0) is 19.2. The smallest absolute Gasteiger partial charge is 0.204 e. The highest BCUT2D eigenvalue weighted by molar-refractivity contribution is 7.76. The van der Waals surface area contributed by atoms with Crippen LogP contribution in [0.25, 0.3) is 0 Å². The van der Waals surface area contributed by atoms with Crippen LogP contribution >= 0.6 is 7.29 Å². The Kier molecular flexibility index (Phi) is 10.3. The molecule has 0 aliphatic heterocycles. The highest BCUT2D eigenvalue weighted by Gasteiger charge is 2.26. The maximum absolute atomic E-state index is 13.7. The summed E-state index contributed by atoms with van der Waals surface area (Å²) in [5.41, 5.74) is 0. The van der Waals surface area contributed by atoms with Crippen LogP contribution in [0, 0.1) is 0 Å². The Morgan fingerprint density at radius 2 is 1.15 bits per heavy atom. The SMILES string of the molecule is O=P(NCCOCCOCCOCCO)(c1ccccc1)c1ccccc1. The Morgan fingerprint density at radius 3 is 1.63 bits per heavy atom. The zero-order valence-corrected chi connectivity index (χ0v) is 16.4. The van der Waals surface area contributed by atoms with E-state index in [9.17, 15) is 4.57 Å². The number of benzene rings is 2. The lowest BCUT2D eigenvalue weighted by atomic mass is 10.4. The fourth-order valence-corrected chi connectivity index (χ4v) is 4.74. The number of hydrogen-bond donors (Lipinski definition) is 2. The Morgan fingerprint density at radius 1 is 0.704 bits per heavy atom. The van der Waals surface area contributed by atoms with E-state index < -0.39 is 7.29 Å². The first kappa shape index (κ1) is 21.8. The first-order valence-corrected chi connectivity index (χ1v) is 10.8. The second-order valence-electron chi connectivity index (χ2n) is 5.75. The van der Waals surface area contributed by atoms with Crippen molar-refractivity contribution >= 4 is 17.9 Å². The van der Waals surface area contributed by atoms with Crippen LogP contribution in [0.3, 0.4) is 0 Å². The fraction of sp³-hybridized carbons (Fsp3) is 0.400. The molecule has 7 heteroatoms. The molecule has 0 aliphatic carbocycles. The van der Waals surface area contributed by atoms with Gasteiger partial charge in [0.15, 0.2) is 0 Å². The van der Waals surface area contributed by atoms with E-state index in [-0.39, 0.29) is 6.61 Å². The first-order chi connectivity index (χ1) is 13.3. The highest BCUT2D eigenvalue weighted by Crippen LogP contribution is 2.38. The molecular formula is C20H28NO5P. The lowest BCUT2D eigenvalue weighted by Crippen LogP contribution is -2.30. The summed E-state index contributed by atoms with van der Waals surface area (Å²) in [7, 11) is -2.90. The summed E-state index contributed by atoms with van der Waals surface area (Å²) in [5.74, 6) is 0. The van der Waals surface area contributed by atoms with Crippen LogP contribution in [-0.2, 0) is 18.8 Å². The van der Waals surface area contributed by atoms with Gasteiger partial charge in [-0.15, -0.1) is 0 Å². The van der Waals surface area contributed by atoms with E-state index in [0.29, 0.717) is 46.2 Å². The van der Waals surface area contributed by atoms with Gasteiger partial charge in [0.2, 0.25) is 7.29 Å². The minimum absolute atomic E-state index is 0.0198. The summed E-state index contributed by atoms with van der Waals surface area (Å²) >= 11 is 0. The minimum Gasteiger partial charge on any atom is -0.394 e. The zero-order valence-electron chi connectivity index (χ0n) is 15.5. The molecule has 0 aliphatic rings. The molecule has 0 heterocycles. The Hall–Kier alpha value is -1.53. The standard InChI is InChI=1S/C20H28NO5P/c22-12-14-25-16-18-26-17-15-24-13-11-21-27(23,19-7-3-1-4-8-19)20-9-5-2-6-10-20/h1-10,22H,11-18H2,(H,21,23). The second kappa shape index (κ2) is 12.8. The minimum atomic E-state index is -2.90. The average molecular weight is 393 g/mol. The molecule has 0 radical (unpaired) electrons. The Balaban J connectivity index is 1.74. The largest absolute Gasteiger partial charge is 0.394 e. The lowest BCUT2D eigenvalue weighted by molar-refractivity contribution is 0.00861. The number of hydrogen-bond acceptors (Lipinski definition) is 5. The van der Waals surface area contributed by atoms with Crippen molar-refractivity contribution in [2.24, 2.45) is 0 Å². The fourth-order valence-electron chi connectivity index (χ4n) is 2.49. The molecule has 0 aromatic heterocycles. The van der Waals surface area contributed by atoms with E-state index >= 15 is 0 Å². The van der Waals surface area contributed by atoms with Crippen LogP contribution in [-0.4, -0.2) is 57.9 Å². The Bertz CT molecular complexity index is 625. The number of rotatable bonds is 14. The number of aliphatic hydroxyl groups is 1. The molecule has 0 saturated heterocycles. The van der Waals surface area contributed by atoms with Crippen LogP contribution in [0.1, 0.15) is 0 Å². The summed E-state index contributed by atoms with van der Waals surface area (Å²) < 4.78 is 29.6. The van der Waals surface area contributed by atoms with Gasteiger partial charge in [0.25, 0.3) is 0 Å². The molecule has 148 valence electrons. The molecule has 0 saturated carbocycles. The maximum atomic E-state index is 13.7. The van der Waals surface area contributed by atoms with Crippen molar-refractivity contribution in [1.82, 2.24) is 5.09 Å². The van der Waals surface area contributed by atoms with Gasteiger partial charge in [0.05, 0.1) is 46.2 Å². The average Bonchev–Trinajstić information content (AvgIpc) is 2.73. The number of aliphatic hydroxyl groups excluding tert-OH is 1. The molecule has 0 atom stereocenters. The predicted octanol–water partition coefficient (Wildman–Crippen LogP) is 1.55. The van der Waals surface area contributed by atoms with Crippen LogP contribution < -0.4 is 15.7 Å². The molecule has 0 spiro atoms. The third-order valence-electron chi connectivity index (χ3n) is 3.80. The number of nitrogens with one attached hydrogen (secondary N) is 1. The van der Waals surface area contributed by atoms with E-state index in [1.807, 2.05) is 60.7 Å². The van der Waals surface area contributed by atoms with Crippen molar-refractivity contribution in [3.8, 4) is 0 Å². The summed E-state index contributed by atoms with van der Waals surface area (Å²) in [6.45, 7) is 3.12. The van der Waals surface area contributed by atoms with Gasteiger partial charge in [-0.3, -0.25) is 9.65 Å². The first-order valence-electron chi connectivity index (χ1n) is 9.08. The highest BCUT2D eigenvalue weighted by atomic mass is 31.2. The second-order valence-corrected chi connectivity index (χ2v) is 8.32.